The first kappa shape index (κ1) is 21.0. The first-order valence-electron chi connectivity index (χ1n) is 9.22. The third-order valence-corrected chi connectivity index (χ3v) is 3.52. The fourth-order valence-corrected chi connectivity index (χ4v) is 2.13. The highest BCUT2D eigenvalue weighted by molar-refractivity contribution is 6.39. The molecule has 28 heavy (non-hydrogen) atoms. The van der Waals surface area contributed by atoms with Crippen LogP contribution in [0.15, 0.2) is 53.6 Å². The second-order valence-corrected chi connectivity index (χ2v) is 5.94. The third kappa shape index (κ3) is 7.11. The normalized spacial score (nSPS) is 10.5. The summed E-state index contributed by atoms with van der Waals surface area (Å²) in [6.45, 7) is 5.34. The van der Waals surface area contributed by atoms with Crippen molar-refractivity contribution in [2.24, 2.45) is 5.10 Å². The van der Waals surface area contributed by atoms with Crippen LogP contribution in [0.5, 0.6) is 11.5 Å². The van der Waals surface area contributed by atoms with Crippen molar-refractivity contribution < 1.29 is 19.1 Å². The van der Waals surface area contributed by atoms with Crippen molar-refractivity contribution in [3.63, 3.8) is 0 Å². The van der Waals surface area contributed by atoms with Gasteiger partial charge in [-0.2, -0.15) is 5.10 Å². The van der Waals surface area contributed by atoms with Gasteiger partial charge in [0.2, 0.25) is 0 Å². The maximum atomic E-state index is 11.9. The molecule has 0 saturated carbocycles. The van der Waals surface area contributed by atoms with E-state index in [-0.39, 0.29) is 0 Å². The average molecular weight is 383 g/mol. The lowest BCUT2D eigenvalue weighted by Crippen LogP contribution is -2.32. The van der Waals surface area contributed by atoms with Gasteiger partial charge < -0.3 is 14.8 Å². The Morgan fingerprint density at radius 2 is 1.39 bits per heavy atom. The van der Waals surface area contributed by atoms with Gasteiger partial charge in [-0.3, -0.25) is 9.59 Å². The van der Waals surface area contributed by atoms with Crippen molar-refractivity contribution in [2.45, 2.75) is 26.7 Å². The molecule has 2 rings (SSSR count). The van der Waals surface area contributed by atoms with Crippen LogP contribution in [0.4, 0.5) is 5.69 Å². The molecule has 2 amide bonds. The van der Waals surface area contributed by atoms with Crippen molar-refractivity contribution in [3.8, 4) is 11.5 Å². The maximum Gasteiger partial charge on any atom is 0.329 e. The SMILES string of the molecule is CCCOc1ccc(/C=N\NC(=O)C(=O)Nc2ccc(OCCC)cc2)cc1. The second kappa shape index (κ2) is 11.4. The number of hydrogen-bond acceptors (Lipinski definition) is 5. The van der Waals surface area contributed by atoms with E-state index in [1.807, 2.05) is 38.1 Å². The molecule has 0 saturated heterocycles. The number of hydrazone groups is 1. The molecule has 7 heteroatoms. The van der Waals surface area contributed by atoms with Crippen LogP contribution in [0.25, 0.3) is 0 Å². The molecule has 2 aromatic carbocycles. The fraction of sp³-hybridized carbons (Fsp3) is 0.286. The molecular weight excluding hydrogens is 358 g/mol. The van der Waals surface area contributed by atoms with Crippen molar-refractivity contribution in [2.75, 3.05) is 18.5 Å². The molecule has 7 nitrogen and oxygen atoms in total. The number of carbonyl (C=O) groups is 2. The molecule has 0 aliphatic heterocycles. The van der Waals surface area contributed by atoms with Crippen LogP contribution < -0.4 is 20.2 Å². The number of anilines is 1. The van der Waals surface area contributed by atoms with Gasteiger partial charge in [-0.05, 0) is 66.9 Å². The predicted octanol–water partition coefficient (Wildman–Crippen LogP) is 3.35. The van der Waals surface area contributed by atoms with Crippen molar-refractivity contribution >= 4 is 23.7 Å². The Morgan fingerprint density at radius 1 is 0.857 bits per heavy atom. The van der Waals surface area contributed by atoms with Crippen molar-refractivity contribution in [1.29, 1.82) is 0 Å². The van der Waals surface area contributed by atoms with Crippen LogP contribution in [0, 0.1) is 0 Å². The van der Waals surface area contributed by atoms with E-state index >= 15 is 0 Å². The minimum Gasteiger partial charge on any atom is -0.494 e. The van der Waals surface area contributed by atoms with Crippen LogP contribution in [-0.2, 0) is 9.59 Å². The monoisotopic (exact) mass is 383 g/mol. The molecule has 2 N–H and O–H groups in total. The minimum absolute atomic E-state index is 0.496. The lowest BCUT2D eigenvalue weighted by Gasteiger charge is -2.07. The number of amides is 2. The minimum atomic E-state index is -0.856. The maximum absolute atomic E-state index is 11.9. The summed E-state index contributed by atoms with van der Waals surface area (Å²) in [7, 11) is 0. The molecule has 2 aromatic rings. The molecule has 0 aliphatic carbocycles. The largest absolute Gasteiger partial charge is 0.494 e. The smallest absolute Gasteiger partial charge is 0.329 e. The summed E-state index contributed by atoms with van der Waals surface area (Å²) in [6.07, 6.45) is 3.30. The molecule has 0 spiro atoms. The molecule has 0 heterocycles. The summed E-state index contributed by atoms with van der Waals surface area (Å²) in [5.41, 5.74) is 3.47. The van der Waals surface area contributed by atoms with Crippen LogP contribution in [0.1, 0.15) is 32.3 Å². The van der Waals surface area contributed by atoms with E-state index in [2.05, 4.69) is 15.8 Å². The quantitative estimate of drug-likeness (QED) is 0.395. The number of carbonyl (C=O) groups excluding carboxylic acids is 2. The Hall–Kier alpha value is -3.35. The summed E-state index contributed by atoms with van der Waals surface area (Å²) in [5, 5.41) is 6.30. The molecule has 0 aliphatic rings. The first-order valence-corrected chi connectivity index (χ1v) is 9.22. The molecular formula is C21H25N3O4. The number of ether oxygens (including phenoxy) is 2. The van der Waals surface area contributed by atoms with E-state index in [4.69, 9.17) is 9.47 Å². The highest BCUT2D eigenvalue weighted by Crippen LogP contribution is 2.15. The average Bonchev–Trinajstić information content (AvgIpc) is 2.72. The van der Waals surface area contributed by atoms with Crippen LogP contribution in [0.2, 0.25) is 0 Å². The molecule has 148 valence electrons. The summed E-state index contributed by atoms with van der Waals surface area (Å²) in [4.78, 5) is 23.7. The Morgan fingerprint density at radius 3 is 1.93 bits per heavy atom. The van der Waals surface area contributed by atoms with Gasteiger partial charge in [-0.15, -0.1) is 0 Å². The Kier molecular flexibility index (Phi) is 8.52. The fourth-order valence-electron chi connectivity index (χ4n) is 2.13. The topological polar surface area (TPSA) is 89.0 Å². The summed E-state index contributed by atoms with van der Waals surface area (Å²) < 4.78 is 11.0. The number of nitrogens with zero attached hydrogens (tertiary/aromatic N) is 1. The van der Waals surface area contributed by atoms with Gasteiger partial charge in [0.25, 0.3) is 0 Å². The number of benzene rings is 2. The lowest BCUT2D eigenvalue weighted by atomic mass is 10.2. The molecule has 0 aromatic heterocycles. The molecule has 0 atom stereocenters. The molecule has 0 unspecified atom stereocenters. The predicted molar refractivity (Wildman–Crippen MR) is 109 cm³/mol. The standard InChI is InChI=1S/C21H25N3O4/c1-3-13-27-18-9-5-16(6-10-18)15-22-24-21(26)20(25)23-17-7-11-19(12-8-17)28-14-4-2/h5-12,15H,3-4,13-14H2,1-2H3,(H,23,25)(H,24,26)/b22-15-. The Bertz CT molecular complexity index is 786. The summed E-state index contributed by atoms with van der Waals surface area (Å²) in [6, 6.07) is 14.1. The number of nitrogens with one attached hydrogen (secondary N) is 2. The van der Waals surface area contributed by atoms with Crippen molar-refractivity contribution in [1.82, 2.24) is 5.43 Å². The Labute approximate surface area is 164 Å². The molecule has 0 bridgehead atoms. The van der Waals surface area contributed by atoms with Gasteiger partial charge in [0.15, 0.2) is 0 Å². The Balaban J connectivity index is 1.80. The van der Waals surface area contributed by atoms with Crippen LogP contribution in [-0.4, -0.2) is 31.2 Å². The molecule has 0 radical (unpaired) electrons. The summed E-state index contributed by atoms with van der Waals surface area (Å²) >= 11 is 0. The van der Waals surface area contributed by atoms with E-state index in [9.17, 15) is 9.59 Å². The zero-order valence-corrected chi connectivity index (χ0v) is 16.1. The van der Waals surface area contributed by atoms with Crippen LogP contribution in [0.3, 0.4) is 0 Å². The van der Waals surface area contributed by atoms with Gasteiger partial charge >= 0.3 is 11.8 Å². The van der Waals surface area contributed by atoms with Crippen molar-refractivity contribution in [3.05, 3.63) is 54.1 Å². The number of rotatable bonds is 9. The zero-order valence-electron chi connectivity index (χ0n) is 16.1. The van der Waals surface area contributed by atoms with Gasteiger partial charge in [-0.25, -0.2) is 5.43 Å². The third-order valence-electron chi connectivity index (χ3n) is 3.52. The van der Waals surface area contributed by atoms with E-state index in [1.165, 1.54) is 6.21 Å². The van der Waals surface area contributed by atoms with Gasteiger partial charge in [0.05, 0.1) is 19.4 Å². The van der Waals surface area contributed by atoms with Gasteiger partial charge in [-0.1, -0.05) is 13.8 Å². The van der Waals surface area contributed by atoms with E-state index in [1.54, 1.807) is 24.3 Å². The highest BCUT2D eigenvalue weighted by Gasteiger charge is 2.12. The molecule has 0 fully saturated rings. The first-order chi connectivity index (χ1) is 13.6. The van der Waals surface area contributed by atoms with Gasteiger partial charge in [0.1, 0.15) is 11.5 Å². The van der Waals surface area contributed by atoms with Gasteiger partial charge in [0, 0.05) is 5.69 Å². The number of hydrogen-bond donors (Lipinski definition) is 2. The van der Waals surface area contributed by atoms with E-state index in [0.717, 1.165) is 24.2 Å². The lowest BCUT2D eigenvalue weighted by molar-refractivity contribution is -0.136. The van der Waals surface area contributed by atoms with E-state index < -0.39 is 11.8 Å². The van der Waals surface area contributed by atoms with E-state index in [0.29, 0.717) is 24.7 Å². The summed E-state index contributed by atoms with van der Waals surface area (Å²) in [5.74, 6) is -0.179. The second-order valence-electron chi connectivity index (χ2n) is 5.94. The van der Waals surface area contributed by atoms with Crippen LogP contribution >= 0.6 is 0 Å². The zero-order chi connectivity index (χ0) is 20.2. The highest BCUT2D eigenvalue weighted by atomic mass is 16.5.